The van der Waals surface area contributed by atoms with Crippen LogP contribution in [0.5, 0.6) is 0 Å². The van der Waals surface area contributed by atoms with E-state index in [1.165, 1.54) is 11.3 Å². The molecular formula is C16H19N3O2S. The number of aryl methyl sites for hydroxylation is 1. The predicted octanol–water partition coefficient (Wildman–Crippen LogP) is 2.81. The van der Waals surface area contributed by atoms with Crippen molar-refractivity contribution >= 4 is 17.2 Å². The van der Waals surface area contributed by atoms with Gasteiger partial charge in [0.25, 0.3) is 5.91 Å². The molecule has 0 aliphatic carbocycles. The van der Waals surface area contributed by atoms with Gasteiger partial charge in [-0.3, -0.25) is 9.78 Å². The molecule has 1 aliphatic heterocycles. The molecule has 2 atom stereocenters. The van der Waals surface area contributed by atoms with Crippen LogP contribution < -0.4 is 5.32 Å². The number of nitrogens with zero attached hydrogens (tertiary/aromatic N) is 2. The first kappa shape index (κ1) is 15.1. The van der Waals surface area contributed by atoms with E-state index in [0.29, 0.717) is 4.88 Å². The fourth-order valence-electron chi connectivity index (χ4n) is 2.57. The zero-order chi connectivity index (χ0) is 15.5. The first-order valence-corrected chi connectivity index (χ1v) is 8.28. The molecule has 3 rings (SSSR count). The molecule has 0 radical (unpaired) electrons. The fourth-order valence-corrected chi connectivity index (χ4v) is 3.51. The van der Waals surface area contributed by atoms with Crippen LogP contribution in [0.4, 0.5) is 0 Å². The first-order valence-electron chi connectivity index (χ1n) is 7.46. The second kappa shape index (κ2) is 6.54. The summed E-state index contributed by atoms with van der Waals surface area (Å²) in [7, 11) is 0. The van der Waals surface area contributed by atoms with Crippen molar-refractivity contribution in [2.75, 3.05) is 6.61 Å². The van der Waals surface area contributed by atoms with Crippen LogP contribution in [0, 0.1) is 6.92 Å². The van der Waals surface area contributed by atoms with Gasteiger partial charge in [0.2, 0.25) is 0 Å². The second-order valence-corrected chi connectivity index (χ2v) is 6.46. The summed E-state index contributed by atoms with van der Waals surface area (Å²) in [5.41, 5.74) is 1.53. The molecule has 0 aromatic carbocycles. The molecule has 0 spiro atoms. The van der Waals surface area contributed by atoms with Gasteiger partial charge >= 0.3 is 0 Å². The van der Waals surface area contributed by atoms with E-state index < -0.39 is 0 Å². The molecule has 2 unspecified atom stereocenters. The monoisotopic (exact) mass is 317 g/mol. The van der Waals surface area contributed by atoms with Gasteiger partial charge in [-0.2, -0.15) is 0 Å². The van der Waals surface area contributed by atoms with Gasteiger partial charge in [0.05, 0.1) is 23.5 Å². The Balaban J connectivity index is 1.74. The lowest BCUT2D eigenvalue weighted by atomic mass is 10.1. The van der Waals surface area contributed by atoms with E-state index >= 15 is 0 Å². The Hall–Kier alpha value is -1.79. The average Bonchev–Trinajstić information content (AvgIpc) is 3.17. The quantitative estimate of drug-likeness (QED) is 0.942. The number of pyridine rings is 1. The molecule has 0 saturated carbocycles. The summed E-state index contributed by atoms with van der Waals surface area (Å²) in [5, 5.41) is 3.80. The molecule has 116 valence electrons. The van der Waals surface area contributed by atoms with Crippen LogP contribution in [-0.2, 0) is 4.74 Å². The van der Waals surface area contributed by atoms with E-state index in [-0.39, 0.29) is 18.1 Å². The maximum absolute atomic E-state index is 12.5. The number of rotatable bonds is 4. The average molecular weight is 317 g/mol. The first-order chi connectivity index (χ1) is 10.6. The molecule has 1 aliphatic rings. The van der Waals surface area contributed by atoms with Gasteiger partial charge in [-0.1, -0.05) is 6.07 Å². The van der Waals surface area contributed by atoms with Crippen molar-refractivity contribution in [3.63, 3.8) is 0 Å². The summed E-state index contributed by atoms with van der Waals surface area (Å²) in [5.74, 6) is -0.0832. The summed E-state index contributed by atoms with van der Waals surface area (Å²) in [6.07, 6.45) is 3.91. The number of nitrogens with one attached hydrogen (secondary N) is 1. The number of ether oxygens (including phenoxy) is 1. The SMILES string of the molecule is Cc1nc(-c2ccccn2)sc1C(=O)NC(C)C1CCCO1. The van der Waals surface area contributed by atoms with Gasteiger partial charge in [0, 0.05) is 12.8 Å². The van der Waals surface area contributed by atoms with E-state index in [9.17, 15) is 4.79 Å². The number of carbonyl (C=O) groups is 1. The molecule has 5 nitrogen and oxygen atoms in total. The van der Waals surface area contributed by atoms with Crippen molar-refractivity contribution in [1.82, 2.24) is 15.3 Å². The van der Waals surface area contributed by atoms with Crippen LogP contribution in [-0.4, -0.2) is 34.6 Å². The highest BCUT2D eigenvalue weighted by atomic mass is 32.1. The zero-order valence-corrected chi connectivity index (χ0v) is 13.5. The molecule has 2 aromatic heterocycles. The Morgan fingerprint density at radius 3 is 3.05 bits per heavy atom. The van der Waals surface area contributed by atoms with E-state index in [4.69, 9.17) is 4.74 Å². The Labute approximate surface area is 133 Å². The van der Waals surface area contributed by atoms with E-state index in [1.807, 2.05) is 32.0 Å². The lowest BCUT2D eigenvalue weighted by Crippen LogP contribution is -2.40. The van der Waals surface area contributed by atoms with E-state index in [1.54, 1.807) is 6.20 Å². The molecule has 0 bridgehead atoms. The summed E-state index contributed by atoms with van der Waals surface area (Å²) >= 11 is 1.38. The molecule has 3 heterocycles. The maximum atomic E-state index is 12.5. The van der Waals surface area contributed by atoms with Gasteiger partial charge in [0.15, 0.2) is 0 Å². The molecule has 6 heteroatoms. The van der Waals surface area contributed by atoms with Crippen LogP contribution in [0.25, 0.3) is 10.7 Å². The number of amides is 1. The van der Waals surface area contributed by atoms with Crippen molar-refractivity contribution in [1.29, 1.82) is 0 Å². The lowest BCUT2D eigenvalue weighted by molar-refractivity contribution is 0.0714. The summed E-state index contributed by atoms with van der Waals surface area (Å²) in [6, 6.07) is 5.68. The number of hydrogen-bond donors (Lipinski definition) is 1. The highest BCUT2D eigenvalue weighted by molar-refractivity contribution is 7.17. The minimum absolute atomic E-state index is 0.00907. The summed E-state index contributed by atoms with van der Waals surface area (Å²) in [4.78, 5) is 21.9. The topological polar surface area (TPSA) is 64.1 Å². The Morgan fingerprint density at radius 2 is 2.36 bits per heavy atom. The number of thiazole rings is 1. The van der Waals surface area contributed by atoms with Gasteiger partial charge in [0.1, 0.15) is 9.88 Å². The predicted molar refractivity (Wildman–Crippen MR) is 86.0 cm³/mol. The Morgan fingerprint density at radius 1 is 1.50 bits per heavy atom. The third kappa shape index (κ3) is 3.18. The van der Waals surface area contributed by atoms with Gasteiger partial charge in [-0.15, -0.1) is 11.3 Å². The minimum Gasteiger partial charge on any atom is -0.376 e. The van der Waals surface area contributed by atoms with Crippen molar-refractivity contribution in [2.24, 2.45) is 0 Å². The minimum atomic E-state index is -0.0832. The standard InChI is InChI=1S/C16H19N3O2S/c1-10(13-7-5-9-21-13)18-15(20)14-11(2)19-16(22-14)12-6-3-4-8-17-12/h3-4,6,8,10,13H,5,7,9H2,1-2H3,(H,18,20). The van der Waals surface area contributed by atoms with E-state index in [2.05, 4.69) is 15.3 Å². The van der Waals surface area contributed by atoms with Crippen LogP contribution in [0.3, 0.4) is 0 Å². The molecular weight excluding hydrogens is 298 g/mol. The highest BCUT2D eigenvalue weighted by Crippen LogP contribution is 2.26. The molecule has 22 heavy (non-hydrogen) atoms. The maximum Gasteiger partial charge on any atom is 0.263 e. The second-order valence-electron chi connectivity index (χ2n) is 5.46. The Bertz CT molecular complexity index is 651. The number of carbonyl (C=O) groups excluding carboxylic acids is 1. The van der Waals surface area contributed by atoms with Gasteiger partial charge in [-0.05, 0) is 38.8 Å². The largest absolute Gasteiger partial charge is 0.376 e. The highest BCUT2D eigenvalue weighted by Gasteiger charge is 2.25. The smallest absolute Gasteiger partial charge is 0.263 e. The Kier molecular flexibility index (Phi) is 4.49. The van der Waals surface area contributed by atoms with Crippen LogP contribution in [0.2, 0.25) is 0 Å². The van der Waals surface area contributed by atoms with Crippen LogP contribution in [0.1, 0.15) is 35.1 Å². The number of aromatic nitrogens is 2. The van der Waals surface area contributed by atoms with Gasteiger partial charge < -0.3 is 10.1 Å². The van der Waals surface area contributed by atoms with Crippen LogP contribution in [0.15, 0.2) is 24.4 Å². The number of hydrogen-bond acceptors (Lipinski definition) is 5. The van der Waals surface area contributed by atoms with Crippen molar-refractivity contribution in [3.05, 3.63) is 35.0 Å². The van der Waals surface area contributed by atoms with E-state index in [0.717, 1.165) is 35.8 Å². The van der Waals surface area contributed by atoms with Crippen molar-refractivity contribution in [2.45, 2.75) is 38.8 Å². The molecule has 2 aromatic rings. The third-order valence-corrected chi connectivity index (χ3v) is 4.95. The molecule has 1 fully saturated rings. The zero-order valence-electron chi connectivity index (χ0n) is 12.7. The third-order valence-electron chi connectivity index (χ3n) is 3.77. The van der Waals surface area contributed by atoms with Gasteiger partial charge in [-0.25, -0.2) is 4.98 Å². The molecule has 1 saturated heterocycles. The normalized spacial score (nSPS) is 19.1. The summed E-state index contributed by atoms with van der Waals surface area (Å²) in [6.45, 7) is 4.63. The molecule has 1 N–H and O–H groups in total. The van der Waals surface area contributed by atoms with Crippen LogP contribution >= 0.6 is 11.3 Å². The molecule has 1 amide bonds. The van der Waals surface area contributed by atoms with Crippen molar-refractivity contribution < 1.29 is 9.53 Å². The fraction of sp³-hybridized carbons (Fsp3) is 0.438. The summed E-state index contributed by atoms with van der Waals surface area (Å²) < 4.78 is 5.62. The van der Waals surface area contributed by atoms with Crippen molar-refractivity contribution in [3.8, 4) is 10.7 Å². The lowest BCUT2D eigenvalue weighted by Gasteiger charge is -2.19.